The van der Waals surface area contributed by atoms with Crippen molar-refractivity contribution in [2.24, 2.45) is 0 Å². The molecule has 24 heavy (non-hydrogen) atoms. The van der Waals surface area contributed by atoms with Crippen molar-refractivity contribution < 1.29 is 16.8 Å². The first-order chi connectivity index (χ1) is 11.4. The lowest BCUT2D eigenvalue weighted by molar-refractivity contribution is 0.568. The molecular weight excluding hydrogens is 350 g/mol. The van der Waals surface area contributed by atoms with Crippen molar-refractivity contribution in [1.82, 2.24) is 14.5 Å². The van der Waals surface area contributed by atoms with E-state index in [9.17, 15) is 16.8 Å². The molecule has 0 bridgehead atoms. The Morgan fingerprint density at radius 2 is 2.00 bits per heavy atom. The minimum Gasteiger partial charge on any atom is -0.241 e. The maximum Gasteiger partial charge on any atom is 0.215 e. The lowest BCUT2D eigenvalue weighted by atomic mass is 10.2. The standard InChI is InChI=1S/C15H19N3O4S2/c19-23(20)9-7-15(12-23)24(21,22)17-8-6-13-10-16-18(11-13)14-4-2-1-3-5-14/h1-5,10-11,15,17H,6-9,12H2/t15-/m0/s1. The van der Waals surface area contributed by atoms with Gasteiger partial charge in [0.15, 0.2) is 9.84 Å². The SMILES string of the molecule is O=S1(=O)CC[C@H](S(=O)(=O)NCCc2cnn(-c3ccccc3)c2)C1. The van der Waals surface area contributed by atoms with Gasteiger partial charge >= 0.3 is 0 Å². The van der Waals surface area contributed by atoms with Crippen molar-refractivity contribution in [1.29, 1.82) is 0 Å². The number of para-hydroxylation sites is 1. The van der Waals surface area contributed by atoms with E-state index in [0.717, 1.165) is 11.3 Å². The molecule has 0 radical (unpaired) electrons. The molecule has 0 amide bonds. The normalized spacial score (nSPS) is 20.2. The summed E-state index contributed by atoms with van der Waals surface area (Å²) < 4.78 is 51.4. The summed E-state index contributed by atoms with van der Waals surface area (Å²) in [6.07, 6.45) is 4.21. The number of sulfonamides is 1. The van der Waals surface area contributed by atoms with Gasteiger partial charge in [0.05, 0.1) is 28.6 Å². The Kier molecular flexibility index (Phi) is 4.75. The van der Waals surface area contributed by atoms with Gasteiger partial charge in [-0.25, -0.2) is 26.2 Å². The van der Waals surface area contributed by atoms with Crippen molar-refractivity contribution in [2.45, 2.75) is 18.1 Å². The third kappa shape index (κ3) is 4.03. The number of hydrogen-bond acceptors (Lipinski definition) is 5. The van der Waals surface area contributed by atoms with E-state index in [0.29, 0.717) is 6.42 Å². The largest absolute Gasteiger partial charge is 0.241 e. The Hall–Kier alpha value is -1.71. The lowest BCUT2D eigenvalue weighted by Crippen LogP contribution is -2.36. The average molecular weight is 369 g/mol. The highest BCUT2D eigenvalue weighted by atomic mass is 32.2. The van der Waals surface area contributed by atoms with E-state index in [1.54, 1.807) is 10.9 Å². The van der Waals surface area contributed by atoms with Gasteiger partial charge in [0.2, 0.25) is 10.0 Å². The number of benzene rings is 1. The Labute approximate surface area is 141 Å². The van der Waals surface area contributed by atoms with Crippen LogP contribution in [0.25, 0.3) is 5.69 Å². The fraction of sp³-hybridized carbons (Fsp3) is 0.400. The van der Waals surface area contributed by atoms with Crippen LogP contribution in [0.5, 0.6) is 0 Å². The van der Waals surface area contributed by atoms with Crippen LogP contribution < -0.4 is 4.72 Å². The predicted molar refractivity (Wildman–Crippen MR) is 91.2 cm³/mol. The summed E-state index contributed by atoms with van der Waals surface area (Å²) in [4.78, 5) is 0. The fourth-order valence-electron chi connectivity index (χ4n) is 2.67. The minimum absolute atomic E-state index is 0.0532. The first-order valence-corrected chi connectivity index (χ1v) is 11.0. The molecule has 1 atom stereocenters. The maximum atomic E-state index is 12.1. The van der Waals surface area contributed by atoms with Crippen LogP contribution in [-0.2, 0) is 26.3 Å². The summed E-state index contributed by atoms with van der Waals surface area (Å²) in [5.74, 6) is -0.337. The molecular formula is C15H19N3O4S2. The van der Waals surface area contributed by atoms with Gasteiger partial charge in [-0.15, -0.1) is 0 Å². The van der Waals surface area contributed by atoms with Gasteiger partial charge in [0, 0.05) is 12.7 Å². The number of hydrogen-bond donors (Lipinski definition) is 1. The molecule has 1 aliphatic heterocycles. The van der Waals surface area contributed by atoms with E-state index in [1.165, 1.54) is 0 Å². The van der Waals surface area contributed by atoms with E-state index >= 15 is 0 Å². The van der Waals surface area contributed by atoms with Gasteiger partial charge in [-0.05, 0) is 30.5 Å². The van der Waals surface area contributed by atoms with Crippen molar-refractivity contribution in [3.8, 4) is 5.69 Å². The summed E-state index contributed by atoms with van der Waals surface area (Å²) >= 11 is 0. The number of sulfone groups is 1. The third-order valence-corrected chi connectivity index (χ3v) is 7.87. The lowest BCUT2D eigenvalue weighted by Gasteiger charge is -2.10. The highest BCUT2D eigenvalue weighted by molar-refractivity contribution is 7.95. The fourth-order valence-corrected chi connectivity index (χ4v) is 6.75. The first kappa shape index (κ1) is 17.1. The second-order valence-electron chi connectivity index (χ2n) is 5.84. The zero-order valence-electron chi connectivity index (χ0n) is 13.0. The second-order valence-corrected chi connectivity index (χ2v) is 10.1. The third-order valence-electron chi connectivity index (χ3n) is 4.00. The van der Waals surface area contributed by atoms with Crippen molar-refractivity contribution in [3.63, 3.8) is 0 Å². The molecule has 1 N–H and O–H groups in total. The molecule has 1 fully saturated rings. The Balaban J connectivity index is 1.56. The highest BCUT2D eigenvalue weighted by Gasteiger charge is 2.36. The van der Waals surface area contributed by atoms with E-state index in [4.69, 9.17) is 0 Å². The van der Waals surface area contributed by atoms with E-state index in [1.807, 2.05) is 36.5 Å². The number of rotatable bonds is 6. The molecule has 0 spiro atoms. The van der Waals surface area contributed by atoms with Crippen LogP contribution in [0.1, 0.15) is 12.0 Å². The van der Waals surface area contributed by atoms with Gasteiger partial charge in [-0.3, -0.25) is 0 Å². The van der Waals surface area contributed by atoms with Gasteiger partial charge in [0.25, 0.3) is 0 Å². The van der Waals surface area contributed by atoms with Gasteiger partial charge in [-0.1, -0.05) is 18.2 Å². The van der Waals surface area contributed by atoms with Crippen molar-refractivity contribution in [3.05, 3.63) is 48.3 Å². The summed E-state index contributed by atoms with van der Waals surface area (Å²) in [6, 6.07) is 9.62. The summed E-state index contributed by atoms with van der Waals surface area (Å²) in [6.45, 7) is 0.222. The molecule has 7 nitrogen and oxygen atoms in total. The molecule has 1 aliphatic rings. The van der Waals surface area contributed by atoms with E-state index in [-0.39, 0.29) is 24.5 Å². The average Bonchev–Trinajstić information content (AvgIpc) is 3.15. The zero-order valence-corrected chi connectivity index (χ0v) is 14.6. The van der Waals surface area contributed by atoms with Gasteiger partial charge in [-0.2, -0.15) is 5.10 Å². The molecule has 3 rings (SSSR count). The van der Waals surface area contributed by atoms with Gasteiger partial charge in [0.1, 0.15) is 0 Å². The molecule has 2 heterocycles. The topological polar surface area (TPSA) is 98.1 Å². The summed E-state index contributed by atoms with van der Waals surface area (Å²) in [5.41, 5.74) is 1.83. The van der Waals surface area contributed by atoms with Crippen LogP contribution in [0.15, 0.2) is 42.7 Å². The Morgan fingerprint density at radius 1 is 1.25 bits per heavy atom. The predicted octanol–water partition coefficient (Wildman–Crippen LogP) is 0.521. The minimum atomic E-state index is -3.60. The zero-order chi connectivity index (χ0) is 17.2. The van der Waals surface area contributed by atoms with Crippen molar-refractivity contribution >= 4 is 19.9 Å². The van der Waals surface area contributed by atoms with Crippen LogP contribution in [-0.4, -0.2) is 49.9 Å². The van der Waals surface area contributed by atoms with E-state index < -0.39 is 25.1 Å². The highest BCUT2D eigenvalue weighted by Crippen LogP contribution is 2.18. The quantitative estimate of drug-likeness (QED) is 0.800. The smallest absolute Gasteiger partial charge is 0.215 e. The Bertz CT molecular complexity index is 905. The molecule has 0 aliphatic carbocycles. The number of aromatic nitrogens is 2. The maximum absolute atomic E-state index is 12.1. The Morgan fingerprint density at radius 3 is 2.67 bits per heavy atom. The van der Waals surface area contributed by atoms with Crippen LogP contribution in [0.3, 0.4) is 0 Å². The monoisotopic (exact) mass is 369 g/mol. The number of nitrogens with zero attached hydrogens (tertiary/aromatic N) is 2. The molecule has 0 unspecified atom stereocenters. The number of nitrogens with one attached hydrogen (secondary N) is 1. The molecule has 1 aromatic carbocycles. The molecule has 130 valence electrons. The van der Waals surface area contributed by atoms with Gasteiger partial charge < -0.3 is 0 Å². The molecule has 1 saturated heterocycles. The summed E-state index contributed by atoms with van der Waals surface area (Å²) in [7, 11) is -6.82. The van der Waals surface area contributed by atoms with Crippen LogP contribution in [0, 0.1) is 0 Å². The van der Waals surface area contributed by atoms with Crippen LogP contribution in [0.2, 0.25) is 0 Å². The van der Waals surface area contributed by atoms with E-state index in [2.05, 4.69) is 9.82 Å². The molecule has 0 saturated carbocycles. The first-order valence-electron chi connectivity index (χ1n) is 7.64. The van der Waals surface area contributed by atoms with Crippen LogP contribution >= 0.6 is 0 Å². The molecule has 2 aromatic rings. The summed E-state index contributed by atoms with van der Waals surface area (Å²) in [5, 5.41) is 3.42. The van der Waals surface area contributed by atoms with Crippen LogP contribution in [0.4, 0.5) is 0 Å². The van der Waals surface area contributed by atoms with Crippen molar-refractivity contribution in [2.75, 3.05) is 18.1 Å². The molecule has 9 heteroatoms. The molecule has 1 aromatic heterocycles. The second kappa shape index (κ2) is 6.66.